The van der Waals surface area contributed by atoms with Crippen LogP contribution in [0.15, 0.2) is 42.5 Å². The molecule has 6 nitrogen and oxygen atoms in total. The standard InChI is InChI=1S/C21H28N2O4S/c1-14-11-12-18(13-15(14)2)23(28(6,25)26)17(4)21(24)22-16(3)19-9-7-8-10-20(19)27-5/h7-13,16-17H,1-6H3,(H,22,24)/t16-,17+/m1/s1. The number of methoxy groups -OCH3 is 1. The Morgan fingerprint density at radius 1 is 1.07 bits per heavy atom. The van der Waals surface area contributed by atoms with Gasteiger partial charge in [-0.2, -0.15) is 0 Å². The average Bonchev–Trinajstić information content (AvgIpc) is 2.63. The third kappa shape index (κ3) is 4.84. The predicted molar refractivity (Wildman–Crippen MR) is 112 cm³/mol. The molecule has 2 aromatic rings. The third-order valence-corrected chi connectivity index (χ3v) is 6.04. The number of hydrogen-bond donors (Lipinski definition) is 1. The number of benzene rings is 2. The Morgan fingerprint density at radius 2 is 1.71 bits per heavy atom. The lowest BCUT2D eigenvalue weighted by Crippen LogP contribution is -2.48. The van der Waals surface area contributed by atoms with Crippen LogP contribution in [-0.2, 0) is 14.8 Å². The van der Waals surface area contributed by atoms with Crippen LogP contribution in [0.25, 0.3) is 0 Å². The molecule has 2 rings (SSSR count). The normalized spacial score (nSPS) is 13.5. The molecule has 0 aromatic heterocycles. The number of ether oxygens (including phenoxy) is 1. The number of hydrogen-bond acceptors (Lipinski definition) is 4. The van der Waals surface area contributed by atoms with Gasteiger partial charge in [0.05, 0.1) is 25.1 Å². The summed E-state index contributed by atoms with van der Waals surface area (Å²) >= 11 is 0. The van der Waals surface area contributed by atoms with Gasteiger partial charge in [-0.3, -0.25) is 9.10 Å². The Balaban J connectivity index is 2.30. The first-order valence-electron chi connectivity index (χ1n) is 9.06. The van der Waals surface area contributed by atoms with Gasteiger partial charge in [0.1, 0.15) is 11.8 Å². The number of nitrogens with one attached hydrogen (secondary N) is 1. The number of amides is 1. The highest BCUT2D eigenvalue weighted by atomic mass is 32.2. The van der Waals surface area contributed by atoms with Crippen molar-refractivity contribution in [3.63, 3.8) is 0 Å². The number of rotatable bonds is 7. The lowest BCUT2D eigenvalue weighted by Gasteiger charge is -2.30. The minimum atomic E-state index is -3.66. The molecule has 1 N–H and O–H groups in total. The van der Waals surface area contributed by atoms with Crippen molar-refractivity contribution in [1.29, 1.82) is 0 Å². The number of nitrogens with zero attached hydrogens (tertiary/aromatic N) is 1. The summed E-state index contributed by atoms with van der Waals surface area (Å²) in [6, 6.07) is 11.5. The summed E-state index contributed by atoms with van der Waals surface area (Å²) in [5.41, 5.74) is 3.31. The van der Waals surface area contributed by atoms with E-state index in [1.807, 2.05) is 51.1 Å². The molecule has 0 saturated carbocycles. The fraction of sp³-hybridized carbons (Fsp3) is 0.381. The van der Waals surface area contributed by atoms with E-state index >= 15 is 0 Å². The molecule has 0 aliphatic carbocycles. The summed E-state index contributed by atoms with van der Waals surface area (Å²) in [5, 5.41) is 2.89. The van der Waals surface area contributed by atoms with Crippen LogP contribution in [0.4, 0.5) is 5.69 Å². The number of anilines is 1. The van der Waals surface area contributed by atoms with E-state index in [4.69, 9.17) is 4.74 Å². The highest BCUT2D eigenvalue weighted by Gasteiger charge is 2.30. The zero-order valence-electron chi connectivity index (χ0n) is 17.2. The van der Waals surface area contributed by atoms with Gasteiger partial charge in [-0.1, -0.05) is 24.3 Å². The second-order valence-electron chi connectivity index (χ2n) is 6.98. The van der Waals surface area contributed by atoms with E-state index in [-0.39, 0.29) is 11.9 Å². The van der Waals surface area contributed by atoms with Crippen molar-refractivity contribution in [3.8, 4) is 5.75 Å². The molecule has 0 saturated heterocycles. The van der Waals surface area contributed by atoms with Crippen LogP contribution in [0.1, 0.15) is 36.6 Å². The van der Waals surface area contributed by atoms with Crippen molar-refractivity contribution >= 4 is 21.6 Å². The molecule has 0 spiro atoms. The Kier molecular flexibility index (Phi) is 6.72. The summed E-state index contributed by atoms with van der Waals surface area (Å²) in [4.78, 5) is 12.9. The summed E-state index contributed by atoms with van der Waals surface area (Å²) in [5.74, 6) is 0.277. The maximum Gasteiger partial charge on any atom is 0.244 e. The van der Waals surface area contributed by atoms with E-state index in [2.05, 4.69) is 5.32 Å². The lowest BCUT2D eigenvalue weighted by molar-refractivity contribution is -0.122. The van der Waals surface area contributed by atoms with Crippen LogP contribution in [-0.4, -0.2) is 33.7 Å². The average molecular weight is 405 g/mol. The highest BCUT2D eigenvalue weighted by Crippen LogP contribution is 2.26. The van der Waals surface area contributed by atoms with Gasteiger partial charge in [-0.25, -0.2) is 8.42 Å². The summed E-state index contributed by atoms with van der Waals surface area (Å²) < 4.78 is 31.4. The molecule has 152 valence electrons. The van der Waals surface area contributed by atoms with Crippen LogP contribution in [0, 0.1) is 13.8 Å². The van der Waals surface area contributed by atoms with Gasteiger partial charge in [0, 0.05) is 5.56 Å². The van der Waals surface area contributed by atoms with Crippen molar-refractivity contribution in [2.45, 2.75) is 39.8 Å². The van der Waals surface area contributed by atoms with Gasteiger partial charge in [0.2, 0.25) is 15.9 Å². The van der Waals surface area contributed by atoms with Crippen LogP contribution < -0.4 is 14.4 Å². The first-order chi connectivity index (χ1) is 13.1. The van der Waals surface area contributed by atoms with E-state index in [1.54, 1.807) is 26.2 Å². The summed E-state index contributed by atoms with van der Waals surface area (Å²) in [6.45, 7) is 7.28. The van der Waals surface area contributed by atoms with Crippen molar-refractivity contribution < 1.29 is 17.9 Å². The largest absolute Gasteiger partial charge is 0.496 e. The number of sulfonamides is 1. The maximum atomic E-state index is 12.9. The summed E-state index contributed by atoms with van der Waals surface area (Å²) in [6.07, 6.45) is 1.11. The van der Waals surface area contributed by atoms with E-state index in [0.717, 1.165) is 27.3 Å². The SMILES string of the molecule is COc1ccccc1[C@@H](C)NC(=O)[C@H](C)N(c1ccc(C)c(C)c1)S(C)(=O)=O. The minimum absolute atomic E-state index is 0.340. The van der Waals surface area contributed by atoms with Crippen LogP contribution in [0.3, 0.4) is 0 Å². The van der Waals surface area contributed by atoms with Crippen LogP contribution >= 0.6 is 0 Å². The molecular formula is C21H28N2O4S. The van der Waals surface area contributed by atoms with Gasteiger partial charge >= 0.3 is 0 Å². The Morgan fingerprint density at radius 3 is 2.29 bits per heavy atom. The highest BCUT2D eigenvalue weighted by molar-refractivity contribution is 7.92. The Labute approximate surface area is 167 Å². The zero-order valence-corrected chi connectivity index (χ0v) is 18.0. The van der Waals surface area contributed by atoms with Gasteiger partial charge in [0.25, 0.3) is 0 Å². The molecule has 0 radical (unpaired) electrons. The van der Waals surface area contributed by atoms with Crippen molar-refractivity contribution in [2.75, 3.05) is 17.7 Å². The minimum Gasteiger partial charge on any atom is -0.496 e. The van der Waals surface area contributed by atoms with E-state index in [0.29, 0.717) is 11.4 Å². The molecule has 0 unspecified atom stereocenters. The fourth-order valence-electron chi connectivity index (χ4n) is 3.11. The first-order valence-corrected chi connectivity index (χ1v) is 10.9. The molecule has 2 aromatic carbocycles. The van der Waals surface area contributed by atoms with Crippen molar-refractivity contribution in [1.82, 2.24) is 5.32 Å². The molecule has 0 fully saturated rings. The molecule has 1 amide bonds. The van der Waals surface area contributed by atoms with Crippen molar-refractivity contribution in [2.24, 2.45) is 0 Å². The van der Waals surface area contributed by atoms with Gasteiger partial charge < -0.3 is 10.1 Å². The van der Waals surface area contributed by atoms with Gasteiger partial charge in [-0.15, -0.1) is 0 Å². The molecule has 0 bridgehead atoms. The molecule has 0 aliphatic rings. The fourth-order valence-corrected chi connectivity index (χ4v) is 4.27. The van der Waals surface area contributed by atoms with Crippen molar-refractivity contribution in [3.05, 3.63) is 59.2 Å². The van der Waals surface area contributed by atoms with E-state index in [1.165, 1.54) is 0 Å². The molecule has 0 aliphatic heterocycles. The predicted octanol–water partition coefficient (Wildman–Crippen LogP) is 3.34. The molecule has 0 heterocycles. The van der Waals surface area contributed by atoms with Gasteiger partial charge in [-0.05, 0) is 57.0 Å². The second kappa shape index (κ2) is 8.65. The molecule has 28 heavy (non-hydrogen) atoms. The number of carbonyl (C=O) groups is 1. The third-order valence-electron chi connectivity index (χ3n) is 4.80. The van der Waals surface area contributed by atoms with E-state index in [9.17, 15) is 13.2 Å². The first kappa shape index (κ1) is 21.8. The quantitative estimate of drug-likeness (QED) is 0.768. The van der Waals surface area contributed by atoms with Gasteiger partial charge in [0.15, 0.2) is 0 Å². The Bertz CT molecular complexity index is 957. The second-order valence-corrected chi connectivity index (χ2v) is 8.84. The smallest absolute Gasteiger partial charge is 0.244 e. The van der Waals surface area contributed by atoms with Crippen LogP contribution in [0.2, 0.25) is 0 Å². The lowest BCUT2D eigenvalue weighted by atomic mass is 10.1. The van der Waals surface area contributed by atoms with Crippen LogP contribution in [0.5, 0.6) is 5.75 Å². The number of para-hydroxylation sites is 1. The zero-order chi connectivity index (χ0) is 21.1. The monoisotopic (exact) mass is 404 g/mol. The number of carbonyl (C=O) groups excluding carboxylic acids is 1. The molecular weight excluding hydrogens is 376 g/mol. The Hall–Kier alpha value is -2.54. The van der Waals surface area contributed by atoms with E-state index < -0.39 is 16.1 Å². The summed E-state index contributed by atoms with van der Waals surface area (Å²) in [7, 11) is -2.09. The molecule has 7 heteroatoms. The maximum absolute atomic E-state index is 12.9. The molecule has 2 atom stereocenters. The number of aryl methyl sites for hydroxylation is 2. The topological polar surface area (TPSA) is 75.7 Å².